The fourth-order valence-corrected chi connectivity index (χ4v) is 3.12. The van der Waals surface area contributed by atoms with Gasteiger partial charge in [-0.05, 0) is 54.8 Å². The molecule has 26 heavy (non-hydrogen) atoms. The number of nitrogens with one attached hydrogen (secondary N) is 2. The van der Waals surface area contributed by atoms with E-state index in [0.29, 0.717) is 17.8 Å². The highest BCUT2D eigenvalue weighted by Crippen LogP contribution is 2.30. The Morgan fingerprint density at radius 3 is 2.38 bits per heavy atom. The summed E-state index contributed by atoms with van der Waals surface area (Å²) < 4.78 is 22.9. The lowest BCUT2D eigenvalue weighted by molar-refractivity contribution is -0.117. The van der Waals surface area contributed by atoms with Gasteiger partial charge in [-0.1, -0.05) is 12.1 Å². The Kier molecular flexibility index (Phi) is 5.08. The van der Waals surface area contributed by atoms with E-state index in [1.54, 1.807) is 0 Å². The van der Waals surface area contributed by atoms with E-state index in [9.17, 15) is 18.0 Å². The van der Waals surface area contributed by atoms with E-state index in [-0.39, 0.29) is 22.6 Å². The zero-order valence-electron chi connectivity index (χ0n) is 14.4. The normalized spacial score (nSPS) is 13.9. The van der Waals surface area contributed by atoms with Gasteiger partial charge < -0.3 is 10.6 Å². The fourth-order valence-electron chi connectivity index (χ4n) is 2.49. The molecular weight excluding hydrogens is 352 g/mol. The molecule has 0 aliphatic heterocycles. The van der Waals surface area contributed by atoms with Crippen molar-refractivity contribution in [1.29, 1.82) is 0 Å². The molecule has 2 aromatic rings. The molecule has 0 heterocycles. The zero-order valence-corrected chi connectivity index (χ0v) is 15.2. The minimum Gasteiger partial charge on any atom is -0.348 e. The molecule has 0 saturated heterocycles. The molecule has 2 N–H and O–H groups in total. The van der Waals surface area contributed by atoms with E-state index < -0.39 is 9.84 Å². The second-order valence-corrected chi connectivity index (χ2v) is 8.46. The van der Waals surface area contributed by atoms with Gasteiger partial charge in [0.2, 0.25) is 5.91 Å². The van der Waals surface area contributed by atoms with E-state index >= 15 is 0 Å². The number of benzene rings is 2. The lowest BCUT2D eigenvalue weighted by atomic mass is 10.1. The van der Waals surface area contributed by atoms with Crippen LogP contribution in [0.3, 0.4) is 0 Å². The number of carbonyl (C=O) groups excluding carboxylic acids is 2. The maximum absolute atomic E-state index is 12.2. The van der Waals surface area contributed by atoms with Crippen LogP contribution in [0.25, 0.3) is 0 Å². The van der Waals surface area contributed by atoms with E-state index in [0.717, 1.165) is 24.7 Å². The van der Waals surface area contributed by atoms with Crippen molar-refractivity contribution in [2.45, 2.75) is 24.3 Å². The first kappa shape index (κ1) is 18.1. The molecule has 7 heteroatoms. The molecule has 136 valence electrons. The van der Waals surface area contributed by atoms with Gasteiger partial charge in [-0.25, -0.2) is 8.42 Å². The lowest BCUT2D eigenvalue weighted by Crippen LogP contribution is -2.23. The quantitative estimate of drug-likeness (QED) is 0.814. The highest BCUT2D eigenvalue weighted by Gasteiger charge is 2.29. The lowest BCUT2D eigenvalue weighted by Gasteiger charge is -2.09. The molecule has 2 aromatic carbocycles. The molecule has 0 unspecified atom stereocenters. The van der Waals surface area contributed by atoms with Crippen LogP contribution < -0.4 is 10.6 Å². The first-order valence-corrected chi connectivity index (χ1v) is 10.2. The predicted octanol–water partition coefficient (Wildman–Crippen LogP) is 2.37. The second kappa shape index (κ2) is 7.29. The van der Waals surface area contributed by atoms with Gasteiger partial charge >= 0.3 is 0 Å². The number of amides is 2. The molecule has 0 atom stereocenters. The van der Waals surface area contributed by atoms with E-state index in [1.807, 2.05) is 24.3 Å². The largest absolute Gasteiger partial charge is 0.348 e. The first-order chi connectivity index (χ1) is 12.3. The van der Waals surface area contributed by atoms with Crippen LogP contribution in [0.5, 0.6) is 0 Å². The van der Waals surface area contributed by atoms with Gasteiger partial charge in [-0.2, -0.15) is 0 Å². The molecule has 1 fully saturated rings. The SMILES string of the molecule is CS(=O)(=O)c1ccc(C(=O)NCc2cccc(NC(=O)C3CC3)c2)cc1. The third kappa shape index (κ3) is 4.70. The summed E-state index contributed by atoms with van der Waals surface area (Å²) in [6.45, 7) is 0.305. The molecule has 0 aromatic heterocycles. The van der Waals surface area contributed by atoms with Gasteiger partial charge in [0.1, 0.15) is 0 Å². The van der Waals surface area contributed by atoms with Crippen LogP contribution >= 0.6 is 0 Å². The van der Waals surface area contributed by atoms with Crippen molar-refractivity contribution in [1.82, 2.24) is 5.32 Å². The summed E-state index contributed by atoms with van der Waals surface area (Å²) in [6.07, 6.45) is 3.01. The minimum atomic E-state index is -3.28. The summed E-state index contributed by atoms with van der Waals surface area (Å²) in [5, 5.41) is 5.66. The molecule has 0 spiro atoms. The predicted molar refractivity (Wildman–Crippen MR) is 98.5 cm³/mol. The summed E-state index contributed by atoms with van der Waals surface area (Å²) in [5.74, 6) is -0.122. The zero-order chi connectivity index (χ0) is 18.7. The van der Waals surface area contributed by atoms with Crippen molar-refractivity contribution in [2.24, 2.45) is 5.92 Å². The van der Waals surface area contributed by atoms with Gasteiger partial charge in [0, 0.05) is 30.0 Å². The molecular formula is C19H20N2O4S. The molecule has 2 amide bonds. The van der Waals surface area contributed by atoms with Crippen molar-refractivity contribution in [3.63, 3.8) is 0 Å². The summed E-state index contributed by atoms with van der Waals surface area (Å²) in [7, 11) is -3.28. The third-order valence-corrected chi connectivity index (χ3v) is 5.27. The Morgan fingerprint density at radius 1 is 1.08 bits per heavy atom. The Hall–Kier alpha value is -2.67. The summed E-state index contributed by atoms with van der Waals surface area (Å²) >= 11 is 0. The molecule has 0 bridgehead atoms. The summed E-state index contributed by atoms with van der Waals surface area (Å²) in [5.41, 5.74) is 1.96. The number of rotatable bonds is 6. The van der Waals surface area contributed by atoms with Crippen LogP contribution in [-0.4, -0.2) is 26.5 Å². The highest BCUT2D eigenvalue weighted by molar-refractivity contribution is 7.90. The van der Waals surface area contributed by atoms with Gasteiger partial charge in [0.15, 0.2) is 9.84 Å². The Morgan fingerprint density at radius 2 is 1.77 bits per heavy atom. The topological polar surface area (TPSA) is 92.3 Å². The van der Waals surface area contributed by atoms with Gasteiger partial charge in [-0.3, -0.25) is 9.59 Å². The van der Waals surface area contributed by atoms with Crippen LogP contribution in [-0.2, 0) is 21.2 Å². The van der Waals surface area contributed by atoms with Crippen LogP contribution in [0.4, 0.5) is 5.69 Å². The number of anilines is 1. The van der Waals surface area contributed by atoms with E-state index in [2.05, 4.69) is 10.6 Å². The van der Waals surface area contributed by atoms with Crippen molar-refractivity contribution in [3.8, 4) is 0 Å². The number of hydrogen-bond donors (Lipinski definition) is 2. The molecule has 0 radical (unpaired) electrons. The van der Waals surface area contributed by atoms with Crippen molar-refractivity contribution in [2.75, 3.05) is 11.6 Å². The average molecular weight is 372 g/mol. The highest BCUT2D eigenvalue weighted by atomic mass is 32.2. The number of carbonyl (C=O) groups is 2. The number of sulfone groups is 1. The minimum absolute atomic E-state index is 0.0390. The van der Waals surface area contributed by atoms with E-state index in [4.69, 9.17) is 0 Å². The smallest absolute Gasteiger partial charge is 0.251 e. The third-order valence-electron chi connectivity index (χ3n) is 4.14. The second-order valence-electron chi connectivity index (χ2n) is 6.44. The number of hydrogen-bond acceptors (Lipinski definition) is 4. The summed E-state index contributed by atoms with van der Waals surface area (Å²) in [6, 6.07) is 13.1. The van der Waals surface area contributed by atoms with Crippen LogP contribution in [0.2, 0.25) is 0 Å². The van der Waals surface area contributed by atoms with Crippen molar-refractivity contribution in [3.05, 3.63) is 59.7 Å². The Balaban J connectivity index is 1.59. The molecule has 1 aliphatic rings. The van der Waals surface area contributed by atoms with Gasteiger partial charge in [-0.15, -0.1) is 0 Å². The fraction of sp³-hybridized carbons (Fsp3) is 0.263. The van der Waals surface area contributed by atoms with E-state index in [1.165, 1.54) is 24.3 Å². The van der Waals surface area contributed by atoms with Crippen LogP contribution in [0, 0.1) is 5.92 Å². The van der Waals surface area contributed by atoms with Gasteiger partial charge in [0.25, 0.3) is 5.91 Å². The Labute approximate surface area is 152 Å². The monoisotopic (exact) mass is 372 g/mol. The maximum Gasteiger partial charge on any atom is 0.251 e. The van der Waals surface area contributed by atoms with Crippen LogP contribution in [0.15, 0.2) is 53.4 Å². The maximum atomic E-state index is 12.2. The van der Waals surface area contributed by atoms with Crippen molar-refractivity contribution >= 4 is 27.3 Å². The molecule has 1 saturated carbocycles. The van der Waals surface area contributed by atoms with Crippen molar-refractivity contribution < 1.29 is 18.0 Å². The first-order valence-electron chi connectivity index (χ1n) is 8.31. The average Bonchev–Trinajstić information content (AvgIpc) is 3.44. The summed E-state index contributed by atoms with van der Waals surface area (Å²) in [4.78, 5) is 24.2. The standard InChI is InChI=1S/C19H20N2O4S/c1-26(24,25)17-9-7-14(8-10-17)18(22)20-12-13-3-2-4-16(11-13)21-19(23)15-5-6-15/h2-4,7-11,15H,5-6,12H2,1H3,(H,20,22)(H,21,23). The molecule has 1 aliphatic carbocycles. The molecule has 6 nitrogen and oxygen atoms in total. The van der Waals surface area contributed by atoms with Crippen LogP contribution in [0.1, 0.15) is 28.8 Å². The Bertz CT molecular complexity index is 932. The molecule has 3 rings (SSSR count). The van der Waals surface area contributed by atoms with Gasteiger partial charge in [0.05, 0.1) is 4.90 Å².